The van der Waals surface area contributed by atoms with E-state index >= 15 is 0 Å². The van der Waals surface area contributed by atoms with E-state index in [1.165, 1.54) is 6.20 Å². The number of carbonyl (C=O) groups excluding carboxylic acids is 1. The van der Waals surface area contributed by atoms with Crippen molar-refractivity contribution in [2.75, 3.05) is 11.1 Å². The minimum atomic E-state index is -0.835. The highest BCUT2D eigenvalue weighted by molar-refractivity contribution is 6.02. The Morgan fingerprint density at radius 1 is 1.30 bits per heavy atom. The number of hydrogen-bond acceptors (Lipinski definition) is 6. The molecule has 0 radical (unpaired) electrons. The van der Waals surface area contributed by atoms with Crippen molar-refractivity contribution in [3.63, 3.8) is 0 Å². The molecule has 3 N–H and O–H groups in total. The summed E-state index contributed by atoms with van der Waals surface area (Å²) in [6.07, 6.45) is 2.32. The summed E-state index contributed by atoms with van der Waals surface area (Å²) < 4.78 is 13.2. The minimum Gasteiger partial charge on any atom is -0.382 e. The Morgan fingerprint density at radius 2 is 2.05 bits per heavy atom. The van der Waals surface area contributed by atoms with Crippen molar-refractivity contribution >= 4 is 23.1 Å². The molecule has 2 rings (SSSR count). The van der Waals surface area contributed by atoms with Gasteiger partial charge in [0.15, 0.2) is 0 Å². The Bertz CT molecular complexity index is 674. The smallest absolute Gasteiger partial charge is 0.275 e. The van der Waals surface area contributed by atoms with Gasteiger partial charge in [-0.15, -0.1) is 0 Å². The molecule has 0 saturated heterocycles. The molecule has 1 heterocycles. The van der Waals surface area contributed by atoms with Crippen molar-refractivity contribution in [3.05, 3.63) is 52.2 Å². The number of nitrogens with zero attached hydrogens (tertiary/aromatic N) is 3. The van der Waals surface area contributed by atoms with E-state index in [1.54, 1.807) is 0 Å². The summed E-state index contributed by atoms with van der Waals surface area (Å²) in [4.78, 5) is 29.0. The number of carbonyl (C=O) groups is 1. The third-order valence-corrected chi connectivity index (χ3v) is 2.26. The van der Waals surface area contributed by atoms with Gasteiger partial charge >= 0.3 is 0 Å². The highest BCUT2D eigenvalue weighted by atomic mass is 19.1. The summed E-state index contributed by atoms with van der Waals surface area (Å²) in [5.74, 6) is -1.38. The van der Waals surface area contributed by atoms with Gasteiger partial charge in [-0.1, -0.05) is 0 Å². The third-order valence-electron chi connectivity index (χ3n) is 2.26. The lowest BCUT2D eigenvalue weighted by molar-refractivity contribution is -0.385. The van der Waals surface area contributed by atoms with Crippen LogP contribution in [0.1, 0.15) is 10.5 Å². The molecule has 0 unspecified atom stereocenters. The van der Waals surface area contributed by atoms with Gasteiger partial charge in [0.05, 0.1) is 29.1 Å². The van der Waals surface area contributed by atoms with Crippen molar-refractivity contribution in [1.29, 1.82) is 0 Å². The maximum Gasteiger partial charge on any atom is 0.275 e. The van der Waals surface area contributed by atoms with E-state index in [4.69, 9.17) is 5.73 Å². The van der Waals surface area contributed by atoms with Crippen LogP contribution >= 0.6 is 0 Å². The van der Waals surface area contributed by atoms with Crippen LogP contribution in [0.3, 0.4) is 0 Å². The molecule has 1 aromatic heterocycles. The van der Waals surface area contributed by atoms with Crippen LogP contribution in [-0.4, -0.2) is 20.8 Å². The van der Waals surface area contributed by atoms with E-state index in [0.717, 1.165) is 24.4 Å². The van der Waals surface area contributed by atoms with Crippen molar-refractivity contribution in [1.82, 2.24) is 9.97 Å². The summed E-state index contributed by atoms with van der Waals surface area (Å²) >= 11 is 0. The zero-order valence-electron chi connectivity index (χ0n) is 9.91. The van der Waals surface area contributed by atoms with Crippen molar-refractivity contribution < 1.29 is 14.1 Å². The maximum atomic E-state index is 13.2. The summed E-state index contributed by atoms with van der Waals surface area (Å²) in [5, 5.41) is 12.9. The highest BCUT2D eigenvalue weighted by Gasteiger charge is 2.13. The van der Waals surface area contributed by atoms with Gasteiger partial charge in [0.1, 0.15) is 17.3 Å². The van der Waals surface area contributed by atoms with Gasteiger partial charge in [-0.3, -0.25) is 14.9 Å². The molecule has 1 aromatic carbocycles. The molecule has 9 heteroatoms. The topological polar surface area (TPSA) is 124 Å². The third kappa shape index (κ3) is 3.02. The van der Waals surface area contributed by atoms with Crippen molar-refractivity contribution in [2.24, 2.45) is 0 Å². The number of nitrogen functional groups attached to an aromatic ring is 1. The van der Waals surface area contributed by atoms with Crippen LogP contribution in [0.25, 0.3) is 0 Å². The molecule has 0 atom stereocenters. The highest BCUT2D eigenvalue weighted by Crippen LogP contribution is 2.20. The number of nitrogens with one attached hydrogen (secondary N) is 1. The number of nitro benzene ring substituents is 1. The van der Waals surface area contributed by atoms with Crippen LogP contribution in [0, 0.1) is 15.9 Å². The molecular weight excluding hydrogens is 269 g/mol. The first-order valence-corrected chi connectivity index (χ1v) is 5.29. The van der Waals surface area contributed by atoms with E-state index in [9.17, 15) is 19.3 Å². The molecule has 0 bridgehead atoms. The van der Waals surface area contributed by atoms with Gasteiger partial charge in [-0.25, -0.2) is 14.4 Å². The molecule has 1 amide bonds. The van der Waals surface area contributed by atoms with E-state index in [2.05, 4.69) is 15.3 Å². The average molecular weight is 277 g/mol. The number of amides is 1. The molecule has 20 heavy (non-hydrogen) atoms. The molecule has 102 valence electrons. The number of non-ortho nitro benzene ring substituents is 1. The summed E-state index contributed by atoms with van der Waals surface area (Å²) in [5.41, 5.74) is 4.75. The summed E-state index contributed by atoms with van der Waals surface area (Å²) in [6, 6.07) is 2.74. The second-order valence-corrected chi connectivity index (χ2v) is 3.74. The summed E-state index contributed by atoms with van der Waals surface area (Å²) in [7, 11) is 0. The Labute approximate surface area is 111 Å². The van der Waals surface area contributed by atoms with Crippen LogP contribution in [0.4, 0.5) is 21.6 Å². The molecular formula is C11H8FN5O3. The molecule has 0 spiro atoms. The Hall–Kier alpha value is -3.10. The molecule has 0 saturated carbocycles. The van der Waals surface area contributed by atoms with E-state index in [-0.39, 0.29) is 17.2 Å². The second kappa shape index (κ2) is 5.26. The maximum absolute atomic E-state index is 13.2. The van der Waals surface area contributed by atoms with Gasteiger partial charge in [-0.2, -0.15) is 0 Å². The predicted molar refractivity (Wildman–Crippen MR) is 67.5 cm³/mol. The number of hydrogen-bond donors (Lipinski definition) is 2. The van der Waals surface area contributed by atoms with Crippen molar-refractivity contribution in [2.45, 2.75) is 0 Å². The number of halogens is 1. The lowest BCUT2D eigenvalue weighted by atomic mass is 10.2. The Morgan fingerprint density at radius 3 is 2.65 bits per heavy atom. The van der Waals surface area contributed by atoms with E-state index in [0.29, 0.717) is 0 Å². The second-order valence-electron chi connectivity index (χ2n) is 3.74. The van der Waals surface area contributed by atoms with E-state index < -0.39 is 22.3 Å². The lowest BCUT2D eigenvalue weighted by Crippen LogP contribution is -2.14. The first-order chi connectivity index (χ1) is 9.45. The predicted octanol–water partition coefficient (Wildman–Crippen LogP) is 1.36. The quantitative estimate of drug-likeness (QED) is 0.644. The monoisotopic (exact) mass is 277 g/mol. The largest absolute Gasteiger partial charge is 0.382 e. The molecule has 2 aromatic rings. The molecule has 0 aliphatic heterocycles. The number of aromatic nitrogens is 2. The van der Waals surface area contributed by atoms with Gasteiger partial charge < -0.3 is 11.1 Å². The zero-order chi connectivity index (χ0) is 14.7. The van der Waals surface area contributed by atoms with Gasteiger partial charge in [0, 0.05) is 6.07 Å². The Balaban J connectivity index is 2.23. The number of benzene rings is 1. The number of nitro groups is 1. The molecule has 0 fully saturated rings. The summed E-state index contributed by atoms with van der Waals surface area (Å²) in [6.45, 7) is 0. The minimum absolute atomic E-state index is 0.0499. The fourth-order valence-electron chi connectivity index (χ4n) is 1.40. The van der Waals surface area contributed by atoms with Crippen LogP contribution in [0.15, 0.2) is 30.6 Å². The molecule has 0 aliphatic rings. The lowest BCUT2D eigenvalue weighted by Gasteiger charge is -2.04. The first-order valence-electron chi connectivity index (χ1n) is 5.29. The molecule has 8 nitrogen and oxygen atoms in total. The average Bonchev–Trinajstić information content (AvgIpc) is 2.38. The molecule has 0 aliphatic carbocycles. The van der Waals surface area contributed by atoms with E-state index in [1.807, 2.05) is 0 Å². The van der Waals surface area contributed by atoms with Crippen LogP contribution in [0.2, 0.25) is 0 Å². The van der Waals surface area contributed by atoms with Crippen molar-refractivity contribution in [3.8, 4) is 0 Å². The van der Waals surface area contributed by atoms with Crippen LogP contribution < -0.4 is 11.1 Å². The Kier molecular flexibility index (Phi) is 3.51. The number of rotatable bonds is 3. The SMILES string of the molecule is Nc1cnc(C(=O)Nc2cc(F)cc([N+](=O)[O-])c2)cn1. The van der Waals surface area contributed by atoms with Crippen LogP contribution in [0.5, 0.6) is 0 Å². The fraction of sp³-hybridized carbons (Fsp3) is 0. The fourth-order valence-corrected chi connectivity index (χ4v) is 1.40. The first kappa shape index (κ1) is 13.3. The zero-order valence-corrected chi connectivity index (χ0v) is 9.91. The van der Waals surface area contributed by atoms with Crippen LogP contribution in [-0.2, 0) is 0 Å². The normalized spacial score (nSPS) is 10.1. The van der Waals surface area contributed by atoms with Gasteiger partial charge in [0.25, 0.3) is 11.6 Å². The van der Waals surface area contributed by atoms with Gasteiger partial charge in [0.2, 0.25) is 0 Å². The number of anilines is 2. The standard InChI is InChI=1S/C11H8FN5O3/c12-6-1-7(3-8(2-6)17(19)20)16-11(18)9-4-15-10(13)5-14-9/h1-5H,(H2,13,15)(H,16,18). The number of nitrogens with two attached hydrogens (primary N) is 1. The van der Waals surface area contributed by atoms with Gasteiger partial charge in [-0.05, 0) is 6.07 Å².